The molecule has 0 aromatic carbocycles. The van der Waals surface area contributed by atoms with Crippen molar-refractivity contribution < 1.29 is 0 Å². The third-order valence-electron chi connectivity index (χ3n) is 4.12. The van der Waals surface area contributed by atoms with E-state index >= 15 is 0 Å². The Kier molecular flexibility index (Phi) is 3.90. The number of aromatic amines is 1. The highest BCUT2D eigenvalue weighted by molar-refractivity contribution is 5.72. The Morgan fingerprint density at radius 3 is 2.54 bits per heavy atom. The van der Waals surface area contributed by atoms with E-state index < -0.39 is 11.2 Å². The van der Waals surface area contributed by atoms with Crippen molar-refractivity contribution in [2.45, 2.75) is 40.7 Å². The summed E-state index contributed by atoms with van der Waals surface area (Å²) in [6, 6.07) is 1.95. The van der Waals surface area contributed by atoms with Gasteiger partial charge in [0.15, 0.2) is 11.2 Å². The van der Waals surface area contributed by atoms with Gasteiger partial charge in [-0.3, -0.25) is 14.3 Å². The number of H-pyrrole nitrogens is 1. The molecule has 0 saturated carbocycles. The maximum absolute atomic E-state index is 12.4. The summed E-state index contributed by atoms with van der Waals surface area (Å²) < 4.78 is 4.93. The number of nitrogens with zero attached hydrogens (tertiary/aromatic N) is 5. The van der Waals surface area contributed by atoms with Crippen LogP contribution in [0.3, 0.4) is 0 Å². The summed E-state index contributed by atoms with van der Waals surface area (Å²) in [5.41, 5.74) is 1.68. The second kappa shape index (κ2) is 5.77. The number of imidazole rings is 1. The van der Waals surface area contributed by atoms with Gasteiger partial charge < -0.3 is 4.57 Å². The fourth-order valence-corrected chi connectivity index (χ4v) is 2.82. The molecule has 24 heavy (non-hydrogen) atoms. The molecule has 0 spiro atoms. The molecule has 0 amide bonds. The van der Waals surface area contributed by atoms with Crippen LogP contribution in [0.5, 0.6) is 0 Å². The van der Waals surface area contributed by atoms with Crippen LogP contribution < -0.4 is 11.2 Å². The average Bonchev–Trinajstić information content (AvgIpc) is 3.02. The predicted molar refractivity (Wildman–Crippen MR) is 91.6 cm³/mol. The van der Waals surface area contributed by atoms with Crippen molar-refractivity contribution in [3.63, 3.8) is 0 Å². The van der Waals surface area contributed by atoms with Crippen LogP contribution in [0.1, 0.15) is 31.7 Å². The summed E-state index contributed by atoms with van der Waals surface area (Å²) in [6.07, 6.45) is 0.889. The predicted octanol–water partition coefficient (Wildman–Crippen LogP) is 1.27. The first-order chi connectivity index (χ1) is 11.3. The fraction of sp³-hybridized carbons (Fsp3) is 0.500. The van der Waals surface area contributed by atoms with E-state index in [4.69, 9.17) is 0 Å². The molecule has 128 valence electrons. The van der Waals surface area contributed by atoms with Crippen molar-refractivity contribution in [1.82, 2.24) is 28.9 Å². The molecular formula is C16H22N6O2. The first-order valence-electron chi connectivity index (χ1n) is 8.02. The number of rotatable bonds is 4. The smallest absolute Gasteiger partial charge is 0.302 e. The van der Waals surface area contributed by atoms with Gasteiger partial charge in [-0.25, -0.2) is 9.48 Å². The number of nitrogens with one attached hydrogen (secondary N) is 1. The van der Waals surface area contributed by atoms with Crippen molar-refractivity contribution in [3.05, 3.63) is 38.3 Å². The highest BCUT2D eigenvalue weighted by Gasteiger charge is 2.20. The summed E-state index contributed by atoms with van der Waals surface area (Å²) in [7, 11) is 1.60. The third-order valence-corrected chi connectivity index (χ3v) is 4.12. The Morgan fingerprint density at radius 2 is 1.96 bits per heavy atom. The molecule has 0 aliphatic carbocycles. The van der Waals surface area contributed by atoms with Gasteiger partial charge in [0.1, 0.15) is 0 Å². The van der Waals surface area contributed by atoms with Crippen molar-refractivity contribution in [2.75, 3.05) is 0 Å². The highest BCUT2D eigenvalue weighted by atomic mass is 16.2. The van der Waals surface area contributed by atoms with Gasteiger partial charge in [0.2, 0.25) is 5.95 Å². The topological polar surface area (TPSA) is 90.5 Å². The minimum absolute atomic E-state index is 0.370. The zero-order chi connectivity index (χ0) is 17.6. The Bertz CT molecular complexity index is 1020. The Balaban J connectivity index is 2.35. The largest absolute Gasteiger partial charge is 0.329 e. The standard InChI is InChI=1S/C16H22N6O2/c1-9(2)6-7-21-12-13(20(5)16(24)18-14(12)23)17-15(21)22-11(4)8-10(3)19-22/h8-9H,6-7H2,1-5H3,(H,18,23,24). The van der Waals surface area contributed by atoms with Crippen LogP contribution in [0.2, 0.25) is 0 Å². The molecule has 0 atom stereocenters. The number of aromatic nitrogens is 6. The van der Waals surface area contributed by atoms with Crippen LogP contribution in [0.25, 0.3) is 17.1 Å². The van der Waals surface area contributed by atoms with E-state index in [0.29, 0.717) is 29.6 Å². The number of fused-ring (bicyclic) bond motifs is 1. The molecule has 0 unspecified atom stereocenters. The van der Waals surface area contributed by atoms with Gasteiger partial charge in [-0.1, -0.05) is 13.8 Å². The Hall–Kier alpha value is -2.64. The molecule has 0 aliphatic heterocycles. The average molecular weight is 330 g/mol. The quantitative estimate of drug-likeness (QED) is 0.780. The van der Waals surface area contributed by atoms with Gasteiger partial charge in [-0.15, -0.1) is 0 Å². The molecule has 0 bridgehead atoms. The summed E-state index contributed by atoms with van der Waals surface area (Å²) in [6.45, 7) is 8.73. The van der Waals surface area contributed by atoms with E-state index in [9.17, 15) is 9.59 Å². The van der Waals surface area contributed by atoms with Crippen LogP contribution in [0, 0.1) is 19.8 Å². The van der Waals surface area contributed by atoms with E-state index in [1.807, 2.05) is 24.5 Å². The van der Waals surface area contributed by atoms with Gasteiger partial charge in [0, 0.05) is 19.3 Å². The Morgan fingerprint density at radius 1 is 1.25 bits per heavy atom. The SMILES string of the molecule is Cc1cc(C)n(-c2nc3c(c(=O)[nH]c(=O)n3C)n2CCC(C)C)n1. The second-order valence-electron chi connectivity index (χ2n) is 6.58. The number of aryl methyl sites for hydroxylation is 4. The maximum atomic E-state index is 12.4. The monoisotopic (exact) mass is 330 g/mol. The van der Waals surface area contributed by atoms with Crippen molar-refractivity contribution in [2.24, 2.45) is 13.0 Å². The van der Waals surface area contributed by atoms with E-state index in [2.05, 4.69) is 28.9 Å². The maximum Gasteiger partial charge on any atom is 0.329 e. The number of hydrogen-bond donors (Lipinski definition) is 1. The van der Waals surface area contributed by atoms with Gasteiger partial charge in [-0.05, 0) is 32.3 Å². The highest BCUT2D eigenvalue weighted by Crippen LogP contribution is 2.18. The van der Waals surface area contributed by atoms with Crippen molar-refractivity contribution >= 4 is 11.2 Å². The first-order valence-corrected chi connectivity index (χ1v) is 8.02. The molecule has 8 nitrogen and oxygen atoms in total. The van der Waals surface area contributed by atoms with E-state index in [1.165, 1.54) is 4.57 Å². The van der Waals surface area contributed by atoms with Gasteiger partial charge >= 0.3 is 5.69 Å². The molecule has 1 N–H and O–H groups in total. The van der Waals surface area contributed by atoms with Crippen LogP contribution in [-0.2, 0) is 13.6 Å². The van der Waals surface area contributed by atoms with E-state index in [0.717, 1.165) is 17.8 Å². The molecule has 0 fully saturated rings. The minimum Gasteiger partial charge on any atom is -0.302 e. The Labute approximate surface area is 138 Å². The van der Waals surface area contributed by atoms with Gasteiger partial charge in [0.25, 0.3) is 5.56 Å². The lowest BCUT2D eigenvalue weighted by atomic mass is 10.1. The van der Waals surface area contributed by atoms with Crippen molar-refractivity contribution in [3.8, 4) is 5.95 Å². The molecule has 3 heterocycles. The summed E-state index contributed by atoms with van der Waals surface area (Å²) in [5, 5.41) is 4.48. The molecule has 3 rings (SSSR count). The zero-order valence-electron chi connectivity index (χ0n) is 14.6. The lowest BCUT2D eigenvalue weighted by Crippen LogP contribution is -2.29. The van der Waals surface area contributed by atoms with Gasteiger partial charge in [-0.2, -0.15) is 10.1 Å². The summed E-state index contributed by atoms with van der Waals surface area (Å²) in [5.74, 6) is 1.03. The van der Waals surface area contributed by atoms with Crippen LogP contribution in [0.15, 0.2) is 15.7 Å². The fourth-order valence-electron chi connectivity index (χ4n) is 2.82. The minimum atomic E-state index is -0.471. The second-order valence-corrected chi connectivity index (χ2v) is 6.58. The molecule has 3 aromatic rings. The van der Waals surface area contributed by atoms with E-state index in [-0.39, 0.29) is 0 Å². The number of hydrogen-bond acceptors (Lipinski definition) is 4. The zero-order valence-corrected chi connectivity index (χ0v) is 14.6. The van der Waals surface area contributed by atoms with Crippen LogP contribution in [0.4, 0.5) is 0 Å². The lowest BCUT2D eigenvalue weighted by molar-refractivity contribution is 0.513. The third kappa shape index (κ3) is 2.57. The molecular weight excluding hydrogens is 308 g/mol. The first kappa shape index (κ1) is 16.2. The van der Waals surface area contributed by atoms with Crippen molar-refractivity contribution in [1.29, 1.82) is 0 Å². The lowest BCUT2D eigenvalue weighted by Gasteiger charge is -2.11. The molecule has 0 radical (unpaired) electrons. The van der Waals surface area contributed by atoms with E-state index in [1.54, 1.807) is 11.7 Å². The van der Waals surface area contributed by atoms with Crippen LogP contribution in [-0.4, -0.2) is 28.9 Å². The van der Waals surface area contributed by atoms with Gasteiger partial charge in [0.05, 0.1) is 5.69 Å². The molecule has 3 aromatic heterocycles. The summed E-state index contributed by atoms with van der Waals surface area (Å²) in [4.78, 5) is 31.2. The molecule has 8 heteroatoms. The molecule has 0 saturated heterocycles. The molecule has 0 aliphatic rings. The normalized spacial score (nSPS) is 11.8. The summed E-state index contributed by atoms with van der Waals surface area (Å²) >= 11 is 0. The van der Waals surface area contributed by atoms with Crippen LogP contribution >= 0.6 is 0 Å².